The lowest BCUT2D eigenvalue weighted by Gasteiger charge is -2.38. The van der Waals surface area contributed by atoms with Gasteiger partial charge in [0.05, 0.1) is 6.61 Å². The molecule has 10 N–H and O–H groups in total. The number of benzene rings is 8. The number of aromatic amines is 2. The van der Waals surface area contributed by atoms with Gasteiger partial charge in [0.25, 0.3) is 23.6 Å². The van der Waals surface area contributed by atoms with Gasteiger partial charge >= 0.3 is 25.5 Å². The molecule has 4 amide bonds. The number of rotatable bonds is 13. The lowest BCUT2D eigenvalue weighted by molar-refractivity contribution is 0.0640. The van der Waals surface area contributed by atoms with E-state index in [-0.39, 0.29) is 51.5 Å². The number of carbonyl (C=O) groups is 4. The monoisotopic (exact) mass is 1500 g/mol. The van der Waals surface area contributed by atoms with Gasteiger partial charge in [-0.3, -0.25) is 19.2 Å². The first-order chi connectivity index (χ1) is 54.6. The Labute approximate surface area is 645 Å². The van der Waals surface area contributed by atoms with E-state index in [4.69, 9.17) is 55.1 Å². The zero-order chi connectivity index (χ0) is 76.5. The maximum Gasteiger partial charge on any atom is 0.633 e. The van der Waals surface area contributed by atoms with E-state index in [0.717, 1.165) is 107 Å². The topological polar surface area (TPSA) is 323 Å². The number of nitrogens with one attached hydrogen (secondary N) is 2. The van der Waals surface area contributed by atoms with Gasteiger partial charge < -0.3 is 84.7 Å². The summed E-state index contributed by atoms with van der Waals surface area (Å²) < 4.78 is 42.8. The van der Waals surface area contributed by atoms with Crippen molar-refractivity contribution in [3.05, 3.63) is 264 Å². The summed E-state index contributed by atoms with van der Waals surface area (Å²) in [4.78, 5) is 95.3. The number of aromatic nitrogens is 2. The maximum absolute atomic E-state index is 13.9. The molecule has 7 aliphatic rings. The standard InChI is InChI=1S/C44H42BN5O7.C43H42BN5O6/c46-23-26-3-1-4-29(19-26)28-11-15-49(16-12-28)41(51)32-21-30-8-10-38-40(39(30)55-43(32)53)57-45(56-38)34-5-2-6-35-31(34)22-36(48-35)42(52)50-17-13-44(14-18-50)25-54-37-9-7-27(24-47)20-33(37)44;45-24-26-4-1-6-30(18-26)28-10-14-48(15-11-28)41(50)34-20-32-21-39-40(23-38(32)53-43(34)52)55-44(54-39)35-8-3-9-36-33(35)22-37(47-36)42(51)49-16-12-29(13-17-49)31-7-2-5-27(19-31)25-46/h1-10,19-22,28,48H,11-18,23-25,46-47H2;1-9,18-23,28-29,47H,10-17,24-25,45-46H2. The van der Waals surface area contributed by atoms with E-state index in [0.29, 0.717) is 153 Å². The molecule has 0 atom stereocenters. The fraction of sp³-hybridized carbons (Fsp3) is 0.287. The van der Waals surface area contributed by atoms with Crippen LogP contribution in [0, 0.1) is 0 Å². The minimum Gasteiger partial charge on any atom is -0.519 e. The number of nitrogens with two attached hydrogens (primary N) is 4. The van der Waals surface area contributed by atoms with Crippen molar-refractivity contribution in [2.24, 2.45) is 22.9 Å². The Balaban J connectivity index is 0.000000157. The van der Waals surface area contributed by atoms with Crippen molar-refractivity contribution in [3.63, 3.8) is 0 Å². The predicted molar refractivity (Wildman–Crippen MR) is 428 cm³/mol. The third-order valence-electron chi connectivity index (χ3n) is 24.1. The smallest absolute Gasteiger partial charge is 0.519 e. The van der Waals surface area contributed by atoms with Gasteiger partial charge in [0.15, 0.2) is 11.3 Å². The number of fused-ring (bicyclic) bond motifs is 9. The van der Waals surface area contributed by atoms with Crippen LogP contribution >= 0.6 is 0 Å². The Morgan fingerprint density at radius 1 is 0.420 bits per heavy atom. The Morgan fingerprint density at radius 2 is 0.857 bits per heavy atom. The summed E-state index contributed by atoms with van der Waals surface area (Å²) >= 11 is 0. The number of hydrogen-bond donors (Lipinski definition) is 6. The van der Waals surface area contributed by atoms with Gasteiger partial charge in [-0.05, 0) is 169 Å². The van der Waals surface area contributed by atoms with Crippen LogP contribution in [0.2, 0.25) is 0 Å². The number of piperidine rings is 4. The summed E-state index contributed by atoms with van der Waals surface area (Å²) in [5.74, 6) is 2.76. The zero-order valence-electron chi connectivity index (χ0n) is 61.9. The lowest BCUT2D eigenvalue weighted by Crippen LogP contribution is -2.46. The molecule has 12 aromatic rings. The molecular formula is C87H84B2N10O13. The molecule has 112 heavy (non-hydrogen) atoms. The van der Waals surface area contributed by atoms with Crippen molar-refractivity contribution < 1.29 is 51.4 Å². The van der Waals surface area contributed by atoms with Gasteiger partial charge in [0.1, 0.15) is 51.1 Å². The van der Waals surface area contributed by atoms with E-state index in [9.17, 15) is 28.8 Å². The summed E-state index contributed by atoms with van der Waals surface area (Å²) in [6.45, 7) is 7.28. The minimum atomic E-state index is -0.859. The first kappa shape index (κ1) is 71.7. The number of H-pyrrole nitrogens is 2. The Morgan fingerprint density at radius 3 is 1.38 bits per heavy atom. The molecule has 1 spiro atoms. The van der Waals surface area contributed by atoms with Crippen LogP contribution in [-0.2, 0) is 31.6 Å². The highest BCUT2D eigenvalue weighted by molar-refractivity contribution is 6.67. The number of hydrogen-bond acceptors (Lipinski definition) is 17. The van der Waals surface area contributed by atoms with E-state index in [2.05, 4.69) is 58.5 Å². The Bertz CT molecular complexity index is 5850. The van der Waals surface area contributed by atoms with Crippen LogP contribution in [0.4, 0.5) is 0 Å². The second-order valence-electron chi connectivity index (χ2n) is 30.6. The highest BCUT2D eigenvalue weighted by Gasteiger charge is 2.46. The van der Waals surface area contributed by atoms with Crippen LogP contribution in [0.5, 0.6) is 28.7 Å². The molecule has 0 radical (unpaired) electrons. The quantitative estimate of drug-likeness (QED) is 0.0461. The van der Waals surface area contributed by atoms with Gasteiger partial charge in [-0.25, -0.2) is 9.59 Å². The van der Waals surface area contributed by atoms with Gasteiger partial charge in [-0.2, -0.15) is 0 Å². The molecule has 566 valence electrons. The van der Waals surface area contributed by atoms with E-state index in [1.807, 2.05) is 101 Å². The van der Waals surface area contributed by atoms with Crippen LogP contribution in [0.3, 0.4) is 0 Å². The summed E-state index contributed by atoms with van der Waals surface area (Å²) in [5, 5.41) is 2.71. The third kappa shape index (κ3) is 13.5. The largest absolute Gasteiger partial charge is 0.633 e. The summed E-state index contributed by atoms with van der Waals surface area (Å²) in [6, 6.07) is 56.4. The number of likely N-dealkylation sites (tertiary alicyclic amines) is 4. The Hall–Kier alpha value is -11.9. The summed E-state index contributed by atoms with van der Waals surface area (Å²) in [6.07, 6.45) is 6.57. The molecule has 8 aromatic carbocycles. The maximum atomic E-state index is 13.9. The lowest BCUT2D eigenvalue weighted by atomic mass is 9.74. The first-order valence-corrected chi connectivity index (χ1v) is 38.8. The number of carbonyl (C=O) groups excluding carboxylic acids is 4. The average molecular weight is 1500 g/mol. The molecule has 0 unspecified atom stereocenters. The highest BCUT2D eigenvalue weighted by Crippen LogP contribution is 2.47. The van der Waals surface area contributed by atoms with Gasteiger partial charge in [0.2, 0.25) is 0 Å². The van der Waals surface area contributed by atoms with E-state index < -0.39 is 25.5 Å². The molecule has 25 heteroatoms. The van der Waals surface area contributed by atoms with Gasteiger partial charge in [-0.1, -0.05) is 109 Å². The molecule has 7 aliphatic heterocycles. The van der Waals surface area contributed by atoms with E-state index in [1.54, 1.807) is 46.2 Å². The van der Waals surface area contributed by atoms with Crippen LogP contribution < -0.4 is 68.5 Å². The van der Waals surface area contributed by atoms with E-state index in [1.165, 1.54) is 22.3 Å². The van der Waals surface area contributed by atoms with E-state index >= 15 is 0 Å². The molecule has 0 aliphatic carbocycles. The van der Waals surface area contributed by atoms with Crippen molar-refractivity contribution >= 4 is 92.5 Å². The fourth-order valence-electron chi connectivity index (χ4n) is 17.6. The van der Waals surface area contributed by atoms with Crippen LogP contribution in [0.15, 0.2) is 194 Å². The normalized spacial score (nSPS) is 16.9. The number of nitrogens with zero attached hydrogens (tertiary/aromatic N) is 4. The van der Waals surface area contributed by atoms with Gasteiger partial charge in [-0.15, -0.1) is 0 Å². The highest BCUT2D eigenvalue weighted by atomic mass is 16.6. The van der Waals surface area contributed by atoms with Crippen LogP contribution in [0.1, 0.15) is 155 Å². The third-order valence-corrected chi connectivity index (χ3v) is 24.1. The molecule has 4 aromatic heterocycles. The van der Waals surface area contributed by atoms with Crippen molar-refractivity contribution in [2.45, 2.75) is 101 Å². The minimum absolute atomic E-state index is 0.00851. The SMILES string of the molecule is NCc1cccc(C2CCN(C(=O)c3cc4c(B5Oc6cc7cc(C(=O)N8CCC(c9cccc(CN)c9)CC8)c(=O)oc7cc6O5)cccc4[nH]3)CC2)c1.NCc1cccc(C2CCN(C(=O)c3cc4ccc5c(c4oc3=O)OB(c3cccc4[nH]c(C(=O)N6CCC7(CC6)COc6ccc(CN)cc67)cc34)O5)CC2)c1. The molecule has 4 fully saturated rings. The first-order valence-electron chi connectivity index (χ1n) is 38.8. The van der Waals surface area contributed by atoms with Crippen molar-refractivity contribution in [3.8, 4) is 28.7 Å². The fourth-order valence-corrected chi connectivity index (χ4v) is 17.6. The second kappa shape index (κ2) is 29.7. The van der Waals surface area contributed by atoms with Crippen LogP contribution in [0.25, 0.3) is 43.7 Å². The predicted octanol–water partition coefficient (Wildman–Crippen LogP) is 10.3. The second-order valence-corrected chi connectivity index (χ2v) is 30.6. The molecule has 0 bridgehead atoms. The summed E-state index contributed by atoms with van der Waals surface area (Å²) in [7, 11) is -1.66. The molecule has 23 nitrogen and oxygen atoms in total. The van der Waals surface area contributed by atoms with Gasteiger partial charge in [0, 0.05) is 139 Å². The van der Waals surface area contributed by atoms with Crippen LogP contribution in [-0.4, -0.2) is 126 Å². The number of amides is 4. The number of ether oxygens (including phenoxy) is 1. The molecule has 4 saturated heterocycles. The zero-order valence-corrected chi connectivity index (χ0v) is 61.9. The van der Waals surface area contributed by atoms with Crippen molar-refractivity contribution in [1.82, 2.24) is 29.6 Å². The molecular weight excluding hydrogens is 1410 g/mol. The van der Waals surface area contributed by atoms with Crippen molar-refractivity contribution in [1.29, 1.82) is 0 Å². The molecule has 11 heterocycles. The average Bonchev–Trinajstić information content (AvgIpc) is 1.58. The summed E-state index contributed by atoms with van der Waals surface area (Å²) in [5.41, 5.74) is 35.8. The van der Waals surface area contributed by atoms with Crippen molar-refractivity contribution in [2.75, 3.05) is 59.0 Å². The molecule has 0 saturated carbocycles. The molecule has 19 rings (SSSR count). The Kier molecular flexibility index (Phi) is 19.0.